The van der Waals surface area contributed by atoms with E-state index in [1.807, 2.05) is 0 Å². The molecule has 1 aromatic heterocycles. The van der Waals surface area contributed by atoms with E-state index in [1.54, 1.807) is 0 Å². The highest BCUT2D eigenvalue weighted by molar-refractivity contribution is 5.95. The Hall–Kier alpha value is -3.36. The first-order chi connectivity index (χ1) is 10.2. The van der Waals surface area contributed by atoms with Crippen LogP contribution in [0.4, 0.5) is 0 Å². The maximum Gasteiger partial charge on any atom is 0.350 e. The van der Waals surface area contributed by atoms with Gasteiger partial charge in [0.1, 0.15) is 0 Å². The molecule has 114 valence electrons. The van der Waals surface area contributed by atoms with Crippen molar-refractivity contribution < 1.29 is 14.4 Å². The van der Waals surface area contributed by atoms with Gasteiger partial charge in [-0.2, -0.15) is 13.7 Å². The smallest absolute Gasteiger partial charge is 0.269 e. The molecular formula is C13H11N3O6. The van der Waals surface area contributed by atoms with Crippen LogP contribution in [0.5, 0.6) is 0 Å². The topological polar surface area (TPSA) is 117 Å². The Morgan fingerprint density at radius 2 is 1.14 bits per heavy atom. The molecule has 0 radical (unpaired) electrons. The summed E-state index contributed by atoms with van der Waals surface area (Å²) in [5.74, 6) is -3.57. The number of carbonyl (C=O) groups is 3. The second-order valence-electron chi connectivity index (χ2n) is 4.02. The van der Waals surface area contributed by atoms with Gasteiger partial charge in [0.05, 0.1) is 0 Å². The van der Waals surface area contributed by atoms with Crippen LogP contribution >= 0.6 is 0 Å². The zero-order chi connectivity index (χ0) is 17.2. The van der Waals surface area contributed by atoms with Crippen molar-refractivity contribution in [3.63, 3.8) is 0 Å². The van der Waals surface area contributed by atoms with Crippen molar-refractivity contribution in [1.82, 2.24) is 13.7 Å². The summed E-state index contributed by atoms with van der Waals surface area (Å²) in [5, 5.41) is 0. The molecule has 1 heterocycles. The van der Waals surface area contributed by atoms with E-state index >= 15 is 0 Å². The van der Waals surface area contributed by atoms with E-state index in [-0.39, 0.29) is 19.3 Å². The van der Waals surface area contributed by atoms with Gasteiger partial charge in [-0.25, -0.2) is 14.4 Å². The molecular weight excluding hydrogens is 294 g/mol. The summed E-state index contributed by atoms with van der Waals surface area (Å²) in [6, 6.07) is 0. The Labute approximate surface area is 122 Å². The average Bonchev–Trinajstić information content (AvgIpc) is 2.46. The fourth-order valence-corrected chi connectivity index (χ4v) is 1.47. The van der Waals surface area contributed by atoms with Gasteiger partial charge in [0.15, 0.2) is 0 Å². The standard InChI is InChI=1S/C13H11N3O6/c1-5-8(17)14-11(20)15(9(18)6-2)13(22)16(12(14)21)10(19)7(3)4/h5-6H,1-3H2,4H3. The van der Waals surface area contributed by atoms with Crippen LogP contribution in [-0.2, 0) is 0 Å². The minimum Gasteiger partial charge on any atom is -0.269 e. The van der Waals surface area contributed by atoms with Crippen molar-refractivity contribution in [3.8, 4) is 0 Å². The number of rotatable bonds is 3. The molecule has 0 aliphatic heterocycles. The number of hydrogen-bond acceptors (Lipinski definition) is 6. The van der Waals surface area contributed by atoms with Gasteiger partial charge in [0, 0.05) is 5.57 Å². The number of carbonyl (C=O) groups excluding carboxylic acids is 3. The van der Waals surface area contributed by atoms with Gasteiger partial charge in [-0.05, 0) is 19.1 Å². The normalized spacial score (nSPS) is 9.86. The van der Waals surface area contributed by atoms with E-state index in [0.717, 1.165) is 0 Å². The van der Waals surface area contributed by atoms with Crippen LogP contribution in [0.25, 0.3) is 0 Å². The average molecular weight is 305 g/mol. The van der Waals surface area contributed by atoms with Crippen LogP contribution in [0.3, 0.4) is 0 Å². The summed E-state index contributed by atoms with van der Waals surface area (Å²) in [6.45, 7) is 10.7. The lowest BCUT2D eigenvalue weighted by Crippen LogP contribution is -2.59. The van der Waals surface area contributed by atoms with Gasteiger partial charge in [-0.15, -0.1) is 0 Å². The molecule has 0 saturated carbocycles. The Balaban J connectivity index is 4.17. The van der Waals surface area contributed by atoms with Gasteiger partial charge >= 0.3 is 17.1 Å². The molecule has 1 aromatic rings. The third-order valence-corrected chi connectivity index (χ3v) is 2.51. The van der Waals surface area contributed by atoms with Crippen molar-refractivity contribution in [2.75, 3.05) is 0 Å². The second-order valence-corrected chi connectivity index (χ2v) is 4.02. The summed E-state index contributed by atoms with van der Waals surface area (Å²) >= 11 is 0. The fourth-order valence-electron chi connectivity index (χ4n) is 1.47. The van der Waals surface area contributed by atoms with E-state index in [0.29, 0.717) is 12.2 Å². The van der Waals surface area contributed by atoms with Crippen molar-refractivity contribution in [3.05, 3.63) is 68.9 Å². The second kappa shape index (κ2) is 5.95. The summed E-state index contributed by atoms with van der Waals surface area (Å²) in [6.07, 6.45) is 1.23. The Morgan fingerprint density at radius 1 is 0.818 bits per heavy atom. The van der Waals surface area contributed by atoms with Gasteiger partial charge in [-0.3, -0.25) is 14.4 Å². The minimum atomic E-state index is -1.52. The molecule has 0 spiro atoms. The van der Waals surface area contributed by atoms with Crippen LogP contribution in [0.2, 0.25) is 0 Å². The molecule has 0 N–H and O–H groups in total. The van der Waals surface area contributed by atoms with Crippen LogP contribution in [-0.4, -0.2) is 31.4 Å². The molecule has 22 heavy (non-hydrogen) atoms. The first-order valence-electron chi connectivity index (χ1n) is 5.73. The van der Waals surface area contributed by atoms with E-state index in [9.17, 15) is 28.8 Å². The summed E-state index contributed by atoms with van der Waals surface area (Å²) in [7, 11) is 0. The summed E-state index contributed by atoms with van der Waals surface area (Å²) in [4.78, 5) is 71.3. The van der Waals surface area contributed by atoms with Gasteiger partial charge in [0.25, 0.3) is 17.7 Å². The Morgan fingerprint density at radius 3 is 1.41 bits per heavy atom. The van der Waals surface area contributed by atoms with Crippen LogP contribution in [0.1, 0.15) is 21.3 Å². The van der Waals surface area contributed by atoms with Crippen molar-refractivity contribution >= 4 is 17.7 Å². The summed E-state index contributed by atoms with van der Waals surface area (Å²) < 4.78 is -0.153. The quantitative estimate of drug-likeness (QED) is 0.664. The lowest BCUT2D eigenvalue weighted by Gasteiger charge is -2.09. The van der Waals surface area contributed by atoms with E-state index in [2.05, 4.69) is 19.7 Å². The maximum atomic E-state index is 12.1. The molecule has 0 fully saturated rings. The van der Waals surface area contributed by atoms with Gasteiger partial charge < -0.3 is 0 Å². The predicted molar refractivity (Wildman–Crippen MR) is 76.3 cm³/mol. The highest BCUT2D eigenvalue weighted by Gasteiger charge is 2.24. The highest BCUT2D eigenvalue weighted by Crippen LogP contribution is 1.90. The van der Waals surface area contributed by atoms with E-state index in [1.165, 1.54) is 6.92 Å². The van der Waals surface area contributed by atoms with Gasteiger partial charge in [-0.1, -0.05) is 19.7 Å². The van der Waals surface area contributed by atoms with E-state index < -0.39 is 34.8 Å². The first kappa shape index (κ1) is 16.7. The number of hydrogen-bond donors (Lipinski definition) is 0. The van der Waals surface area contributed by atoms with E-state index in [4.69, 9.17) is 0 Å². The monoisotopic (exact) mass is 305 g/mol. The van der Waals surface area contributed by atoms with Crippen LogP contribution in [0, 0.1) is 0 Å². The number of nitrogens with zero attached hydrogens (tertiary/aromatic N) is 3. The molecule has 9 nitrogen and oxygen atoms in total. The van der Waals surface area contributed by atoms with Crippen LogP contribution < -0.4 is 17.1 Å². The van der Waals surface area contributed by atoms with Crippen molar-refractivity contribution in [2.45, 2.75) is 6.92 Å². The molecule has 1 rings (SSSR count). The minimum absolute atomic E-state index is 0.0352. The largest absolute Gasteiger partial charge is 0.350 e. The number of aromatic nitrogens is 3. The zero-order valence-electron chi connectivity index (χ0n) is 11.6. The summed E-state index contributed by atoms with van der Waals surface area (Å²) in [5.41, 5.74) is -4.76. The molecule has 0 aliphatic rings. The number of allylic oxidation sites excluding steroid dienone is 3. The van der Waals surface area contributed by atoms with Crippen molar-refractivity contribution in [1.29, 1.82) is 0 Å². The first-order valence-corrected chi connectivity index (χ1v) is 5.73. The molecule has 0 bridgehead atoms. The lowest BCUT2D eigenvalue weighted by atomic mass is 10.3. The predicted octanol–water partition coefficient (Wildman–Crippen LogP) is -0.960. The molecule has 0 aliphatic carbocycles. The molecule has 9 heteroatoms. The molecule has 0 atom stereocenters. The molecule has 0 saturated heterocycles. The maximum absolute atomic E-state index is 12.1. The molecule has 0 unspecified atom stereocenters. The third-order valence-electron chi connectivity index (χ3n) is 2.51. The van der Waals surface area contributed by atoms with Crippen molar-refractivity contribution in [2.24, 2.45) is 0 Å². The Kier molecular flexibility index (Phi) is 4.52. The lowest BCUT2D eigenvalue weighted by molar-refractivity contribution is 0.0903. The SMILES string of the molecule is C=CC(=O)n1c(=O)n(C(=O)C=C)c(=O)n(C(=O)C(=C)C)c1=O. The fraction of sp³-hybridized carbons (Fsp3) is 0.0769. The highest BCUT2D eigenvalue weighted by atomic mass is 16.2. The zero-order valence-corrected chi connectivity index (χ0v) is 11.6. The molecule has 0 amide bonds. The van der Waals surface area contributed by atoms with Crippen LogP contribution in [0.15, 0.2) is 51.8 Å². The molecule has 0 aromatic carbocycles. The third kappa shape index (κ3) is 2.46. The Bertz CT molecular complexity index is 851. The van der Waals surface area contributed by atoms with Gasteiger partial charge in [0.2, 0.25) is 0 Å².